The molecule has 0 unspecified atom stereocenters. The van der Waals surface area contributed by atoms with Crippen molar-refractivity contribution >= 4 is 36.5 Å². The quantitative estimate of drug-likeness (QED) is 0.375. The lowest BCUT2D eigenvalue weighted by Gasteiger charge is -2.30. The molecule has 12 nitrogen and oxygen atoms in total. The molecule has 3 heterocycles. The first-order valence-corrected chi connectivity index (χ1v) is 8.43. The Balaban J connectivity index is 1.90. The van der Waals surface area contributed by atoms with E-state index in [9.17, 15) is 24.3 Å². The molecule has 0 saturated carbocycles. The fourth-order valence-corrected chi connectivity index (χ4v) is 3.03. The van der Waals surface area contributed by atoms with Crippen LogP contribution in [0.4, 0.5) is 5.95 Å². The number of alkyl halides is 1. The van der Waals surface area contributed by atoms with Crippen LogP contribution in [-0.4, -0.2) is 48.8 Å². The maximum atomic E-state index is 11.8. The van der Waals surface area contributed by atoms with Crippen molar-refractivity contribution in [2.75, 3.05) is 12.3 Å². The lowest BCUT2D eigenvalue weighted by molar-refractivity contribution is -0.343. The van der Waals surface area contributed by atoms with Gasteiger partial charge in [-0.05, 0) is 0 Å². The third-order valence-electron chi connectivity index (χ3n) is 3.42. The number of aromatic nitrogens is 4. The van der Waals surface area contributed by atoms with E-state index in [2.05, 4.69) is 19.5 Å². The number of anilines is 1. The Morgan fingerprint density at radius 3 is 2.96 bits per heavy atom. The molecule has 0 aromatic carbocycles. The highest BCUT2D eigenvalue weighted by Gasteiger charge is 2.44. The van der Waals surface area contributed by atoms with Gasteiger partial charge in [-0.15, -0.1) is 11.6 Å². The molecule has 0 aliphatic carbocycles. The fraction of sp³-hybridized carbons (Fsp3) is 0.500. The van der Waals surface area contributed by atoms with Crippen molar-refractivity contribution in [2.24, 2.45) is 0 Å². The van der Waals surface area contributed by atoms with Crippen molar-refractivity contribution in [3.8, 4) is 0 Å². The van der Waals surface area contributed by atoms with Gasteiger partial charge >= 0.3 is 0 Å². The number of imidazole rings is 1. The zero-order valence-electron chi connectivity index (χ0n) is 11.7. The van der Waals surface area contributed by atoms with Crippen LogP contribution in [0.2, 0.25) is 0 Å². The zero-order chi connectivity index (χ0) is 17.6. The molecule has 4 atom stereocenters. The predicted octanol–water partition coefficient (Wildman–Crippen LogP) is -2.59. The standard InChI is InChI=1S/C10H13ClN5O7P/c11-4-6(17)3(1-22-24(19,20)21)23-9(4)16-2-13-5-7(16)14-10(12)15-8(5)18/h2-4,6,9,17H,1H2,(H2,19,20,21)(H3,12,14,15,18)/p-2/t3-,4-,6-,9-/m1/s1. The van der Waals surface area contributed by atoms with E-state index in [1.165, 1.54) is 10.9 Å². The molecular formula is C10H11ClN5O7P-2. The molecular weight excluding hydrogens is 369 g/mol. The number of ether oxygens (including phenoxy) is 1. The summed E-state index contributed by atoms with van der Waals surface area (Å²) in [5.41, 5.74) is 4.96. The van der Waals surface area contributed by atoms with Crippen LogP contribution in [0.1, 0.15) is 6.23 Å². The lowest BCUT2D eigenvalue weighted by atomic mass is 10.2. The highest BCUT2D eigenvalue weighted by molar-refractivity contribution is 7.43. The summed E-state index contributed by atoms with van der Waals surface area (Å²) in [4.78, 5) is 42.9. The van der Waals surface area contributed by atoms with Gasteiger partial charge in [0.2, 0.25) is 5.95 Å². The molecule has 1 saturated heterocycles. The largest absolute Gasteiger partial charge is 0.790 e. The molecule has 1 fully saturated rings. The molecule has 0 bridgehead atoms. The molecule has 2 aromatic heterocycles. The summed E-state index contributed by atoms with van der Waals surface area (Å²) in [5.74, 6) is -0.155. The number of nitrogens with one attached hydrogen (secondary N) is 1. The van der Waals surface area contributed by atoms with E-state index in [1.54, 1.807) is 0 Å². The highest BCUT2D eigenvalue weighted by atomic mass is 35.5. The number of nitrogen functional groups attached to an aromatic ring is 1. The van der Waals surface area contributed by atoms with Crippen molar-refractivity contribution < 1.29 is 28.7 Å². The number of nitrogens with zero attached hydrogens (tertiary/aromatic N) is 3. The number of phosphoric acid groups is 1. The molecule has 0 spiro atoms. The molecule has 2 aromatic rings. The minimum Gasteiger partial charge on any atom is -0.790 e. The van der Waals surface area contributed by atoms with Gasteiger partial charge < -0.3 is 34.5 Å². The molecule has 24 heavy (non-hydrogen) atoms. The predicted molar refractivity (Wildman–Crippen MR) is 75.7 cm³/mol. The molecule has 4 N–H and O–H groups in total. The van der Waals surface area contributed by atoms with E-state index >= 15 is 0 Å². The van der Waals surface area contributed by atoms with E-state index in [0.29, 0.717) is 0 Å². The van der Waals surface area contributed by atoms with Crippen molar-refractivity contribution in [3.63, 3.8) is 0 Å². The van der Waals surface area contributed by atoms with E-state index in [4.69, 9.17) is 22.1 Å². The number of hydrogen-bond acceptors (Lipinski definition) is 10. The van der Waals surface area contributed by atoms with Gasteiger partial charge in [-0.25, -0.2) is 4.98 Å². The number of aromatic amines is 1. The Labute approximate surface area is 138 Å². The van der Waals surface area contributed by atoms with Crippen LogP contribution >= 0.6 is 19.4 Å². The SMILES string of the molecule is Nc1nc2c(ncn2[C@@H]2O[C@H](COP(=O)([O-])[O-])[C@@H](O)[C@H]2Cl)c(=O)[nH]1. The number of H-pyrrole nitrogens is 1. The summed E-state index contributed by atoms with van der Waals surface area (Å²) in [6.45, 7) is -0.700. The Morgan fingerprint density at radius 1 is 1.58 bits per heavy atom. The average molecular weight is 380 g/mol. The van der Waals surface area contributed by atoms with Gasteiger partial charge in [0.25, 0.3) is 5.56 Å². The monoisotopic (exact) mass is 379 g/mol. The minimum atomic E-state index is -5.22. The first-order chi connectivity index (χ1) is 11.2. The van der Waals surface area contributed by atoms with E-state index in [1.807, 2.05) is 0 Å². The van der Waals surface area contributed by atoms with Crippen LogP contribution in [0, 0.1) is 0 Å². The summed E-state index contributed by atoms with van der Waals surface area (Å²) in [6.07, 6.45) is -2.33. The number of aliphatic hydroxyl groups is 1. The number of halogens is 1. The van der Waals surface area contributed by atoms with E-state index < -0.39 is 43.8 Å². The van der Waals surface area contributed by atoms with Crippen LogP contribution < -0.4 is 21.1 Å². The topological polar surface area (TPSA) is 191 Å². The van der Waals surface area contributed by atoms with E-state index in [0.717, 1.165) is 0 Å². The molecule has 132 valence electrons. The molecule has 3 rings (SSSR count). The van der Waals surface area contributed by atoms with Gasteiger partial charge in [0.05, 0.1) is 20.8 Å². The van der Waals surface area contributed by atoms with Crippen molar-refractivity contribution in [1.82, 2.24) is 19.5 Å². The van der Waals surface area contributed by atoms with Gasteiger partial charge in [-0.3, -0.25) is 14.3 Å². The number of phosphoric ester groups is 1. The number of hydrogen-bond donors (Lipinski definition) is 3. The van der Waals surface area contributed by atoms with Gasteiger partial charge in [0, 0.05) is 0 Å². The third kappa shape index (κ3) is 3.17. The zero-order valence-corrected chi connectivity index (χ0v) is 13.4. The van der Waals surface area contributed by atoms with Crippen molar-refractivity contribution in [2.45, 2.75) is 23.8 Å². The van der Waals surface area contributed by atoms with Crippen LogP contribution in [0.25, 0.3) is 11.2 Å². The van der Waals surface area contributed by atoms with Crippen LogP contribution in [0.3, 0.4) is 0 Å². The Kier molecular flexibility index (Phi) is 4.38. The average Bonchev–Trinajstić information content (AvgIpc) is 3.00. The fourth-order valence-electron chi connectivity index (χ4n) is 2.36. The first kappa shape index (κ1) is 17.3. The Bertz CT molecular complexity index is 865. The van der Waals surface area contributed by atoms with E-state index in [-0.39, 0.29) is 17.1 Å². The molecule has 1 aliphatic rings. The van der Waals surface area contributed by atoms with Gasteiger partial charge in [-0.1, -0.05) is 0 Å². The highest BCUT2D eigenvalue weighted by Crippen LogP contribution is 2.36. The number of aliphatic hydroxyl groups excluding tert-OH is 1. The van der Waals surface area contributed by atoms with Crippen molar-refractivity contribution in [1.29, 1.82) is 0 Å². The maximum Gasteiger partial charge on any atom is 0.280 e. The Hall–Kier alpha value is -1.53. The number of rotatable bonds is 4. The molecule has 0 amide bonds. The molecule has 0 radical (unpaired) electrons. The minimum absolute atomic E-state index is 0.0190. The van der Waals surface area contributed by atoms with Gasteiger partial charge in [-0.2, -0.15) is 4.98 Å². The van der Waals surface area contributed by atoms with Crippen LogP contribution in [0.15, 0.2) is 11.1 Å². The summed E-state index contributed by atoms with van der Waals surface area (Å²) < 4.78 is 21.4. The lowest BCUT2D eigenvalue weighted by Crippen LogP contribution is -2.32. The Morgan fingerprint density at radius 2 is 2.29 bits per heavy atom. The second kappa shape index (κ2) is 6.08. The summed E-state index contributed by atoms with van der Waals surface area (Å²) >= 11 is 6.10. The third-order valence-corrected chi connectivity index (χ3v) is 4.35. The van der Waals surface area contributed by atoms with Gasteiger partial charge in [0.1, 0.15) is 17.6 Å². The first-order valence-electron chi connectivity index (χ1n) is 6.54. The summed E-state index contributed by atoms with van der Waals surface area (Å²) in [5, 5.41) is 8.98. The van der Waals surface area contributed by atoms with Gasteiger partial charge in [0.15, 0.2) is 17.4 Å². The summed E-state index contributed by atoms with van der Waals surface area (Å²) in [7, 11) is -5.22. The normalized spacial score (nSPS) is 27.8. The van der Waals surface area contributed by atoms with Crippen molar-refractivity contribution in [3.05, 3.63) is 16.7 Å². The maximum absolute atomic E-state index is 11.8. The second-order valence-electron chi connectivity index (χ2n) is 5.02. The number of fused-ring (bicyclic) bond motifs is 1. The molecule has 1 aliphatic heterocycles. The number of nitrogens with two attached hydrogens (primary N) is 1. The summed E-state index contributed by atoms with van der Waals surface area (Å²) in [6, 6.07) is 0. The smallest absolute Gasteiger partial charge is 0.280 e. The van der Waals surface area contributed by atoms with Crippen LogP contribution in [-0.2, 0) is 13.8 Å². The molecule has 14 heteroatoms. The van der Waals surface area contributed by atoms with Crippen LogP contribution in [0.5, 0.6) is 0 Å². The second-order valence-corrected chi connectivity index (χ2v) is 6.67.